The van der Waals surface area contributed by atoms with Crippen LogP contribution in [-0.2, 0) is 0 Å². The highest BCUT2D eigenvalue weighted by atomic mass is 16.5. The maximum Gasteiger partial charge on any atom is 0.169 e. The molecule has 1 atom stereocenters. The first kappa shape index (κ1) is 14.9. The fraction of sp³-hybridized carbons (Fsp3) is 0.235. The lowest BCUT2D eigenvalue weighted by atomic mass is 10.1. The topological polar surface area (TPSA) is 62.5 Å². The summed E-state index contributed by atoms with van der Waals surface area (Å²) in [4.78, 5) is 0. The molecule has 0 saturated heterocycles. The first-order chi connectivity index (χ1) is 10.0. The molecule has 108 valence electrons. The lowest BCUT2D eigenvalue weighted by Gasteiger charge is -2.15. The van der Waals surface area contributed by atoms with Crippen molar-refractivity contribution in [1.82, 2.24) is 0 Å². The quantitative estimate of drug-likeness (QED) is 0.928. The summed E-state index contributed by atoms with van der Waals surface area (Å²) >= 11 is 0. The molecule has 0 radical (unpaired) electrons. The predicted octanol–water partition coefficient (Wildman–Crippen LogP) is 3.72. The van der Waals surface area contributed by atoms with E-state index in [1.54, 1.807) is 38.3 Å². The standard InChI is InChI=1S/C17H17NO3/c1-11-4-7-15(17(8-11)20-3)21-16-9-13(10-18)5-6-14(16)12(2)19/h4-9,12,19H,1-3H3/t12-/m1/s1. The Labute approximate surface area is 124 Å². The van der Waals surface area contributed by atoms with Gasteiger partial charge in [-0.2, -0.15) is 5.26 Å². The Kier molecular flexibility index (Phi) is 4.46. The number of nitrogens with zero attached hydrogens (tertiary/aromatic N) is 1. The van der Waals surface area contributed by atoms with Gasteiger partial charge in [0.15, 0.2) is 11.5 Å². The largest absolute Gasteiger partial charge is 0.493 e. The van der Waals surface area contributed by atoms with Crippen LogP contribution in [0.15, 0.2) is 36.4 Å². The van der Waals surface area contributed by atoms with Gasteiger partial charge in [0.1, 0.15) is 5.75 Å². The van der Waals surface area contributed by atoms with Gasteiger partial charge in [-0.1, -0.05) is 12.1 Å². The average Bonchev–Trinajstić information content (AvgIpc) is 2.48. The Morgan fingerprint density at radius 1 is 1.10 bits per heavy atom. The molecule has 4 heteroatoms. The van der Waals surface area contributed by atoms with Crippen molar-refractivity contribution < 1.29 is 14.6 Å². The van der Waals surface area contributed by atoms with E-state index in [9.17, 15) is 5.11 Å². The van der Waals surface area contributed by atoms with Crippen molar-refractivity contribution in [2.75, 3.05) is 7.11 Å². The summed E-state index contributed by atoms with van der Waals surface area (Å²) < 4.78 is 11.2. The number of aliphatic hydroxyl groups excluding tert-OH is 1. The molecule has 0 fully saturated rings. The Morgan fingerprint density at radius 2 is 1.86 bits per heavy atom. The molecule has 4 nitrogen and oxygen atoms in total. The third kappa shape index (κ3) is 3.33. The van der Waals surface area contributed by atoms with Crippen molar-refractivity contribution in [3.8, 4) is 23.3 Å². The summed E-state index contributed by atoms with van der Waals surface area (Å²) in [6, 6.07) is 12.6. The number of aryl methyl sites for hydroxylation is 1. The number of hydrogen-bond acceptors (Lipinski definition) is 4. The van der Waals surface area contributed by atoms with Gasteiger partial charge in [-0.25, -0.2) is 0 Å². The molecular weight excluding hydrogens is 266 g/mol. The zero-order valence-electron chi connectivity index (χ0n) is 12.3. The minimum absolute atomic E-state index is 0.450. The van der Waals surface area contributed by atoms with Gasteiger partial charge in [-0.15, -0.1) is 0 Å². The van der Waals surface area contributed by atoms with Crippen LogP contribution in [0, 0.1) is 18.3 Å². The van der Waals surface area contributed by atoms with Gasteiger partial charge in [0.25, 0.3) is 0 Å². The Morgan fingerprint density at radius 3 is 2.48 bits per heavy atom. The van der Waals surface area contributed by atoms with Crippen LogP contribution < -0.4 is 9.47 Å². The summed E-state index contributed by atoms with van der Waals surface area (Å²) in [5.74, 6) is 1.60. The maximum absolute atomic E-state index is 9.82. The minimum Gasteiger partial charge on any atom is -0.493 e. The lowest BCUT2D eigenvalue weighted by Crippen LogP contribution is -1.98. The molecule has 2 aromatic rings. The number of rotatable bonds is 4. The van der Waals surface area contributed by atoms with Gasteiger partial charge >= 0.3 is 0 Å². The van der Waals surface area contributed by atoms with Crippen LogP contribution >= 0.6 is 0 Å². The molecule has 0 aliphatic rings. The summed E-state index contributed by atoms with van der Waals surface area (Å²) in [5, 5.41) is 18.8. The SMILES string of the molecule is COc1cc(C)ccc1Oc1cc(C#N)ccc1[C@@H](C)O. The normalized spacial score (nSPS) is 11.6. The van der Waals surface area contributed by atoms with Crippen LogP contribution in [-0.4, -0.2) is 12.2 Å². The van der Waals surface area contributed by atoms with E-state index >= 15 is 0 Å². The van der Waals surface area contributed by atoms with Gasteiger partial charge in [-0.3, -0.25) is 0 Å². The van der Waals surface area contributed by atoms with Crippen molar-refractivity contribution in [3.63, 3.8) is 0 Å². The summed E-state index contributed by atoms with van der Waals surface area (Å²) in [6.45, 7) is 3.62. The third-order valence-corrected chi connectivity index (χ3v) is 3.13. The molecular formula is C17H17NO3. The van der Waals surface area contributed by atoms with Crippen molar-refractivity contribution in [2.24, 2.45) is 0 Å². The highest BCUT2D eigenvalue weighted by Crippen LogP contribution is 2.36. The van der Waals surface area contributed by atoms with E-state index in [1.807, 2.05) is 19.1 Å². The van der Waals surface area contributed by atoms with Crippen molar-refractivity contribution in [1.29, 1.82) is 5.26 Å². The Bertz CT molecular complexity index is 687. The van der Waals surface area contributed by atoms with Gasteiger partial charge in [0.05, 0.1) is 24.8 Å². The minimum atomic E-state index is -0.691. The highest BCUT2D eigenvalue weighted by molar-refractivity contribution is 5.49. The van der Waals surface area contributed by atoms with Crippen LogP contribution in [0.2, 0.25) is 0 Å². The van der Waals surface area contributed by atoms with E-state index in [0.29, 0.717) is 28.4 Å². The van der Waals surface area contributed by atoms with E-state index in [1.165, 1.54) is 0 Å². The number of benzene rings is 2. The third-order valence-electron chi connectivity index (χ3n) is 3.13. The van der Waals surface area contributed by atoms with E-state index < -0.39 is 6.10 Å². The molecule has 0 unspecified atom stereocenters. The second-order valence-electron chi connectivity index (χ2n) is 4.80. The van der Waals surface area contributed by atoms with E-state index in [0.717, 1.165) is 5.56 Å². The van der Waals surface area contributed by atoms with Crippen LogP contribution in [0.4, 0.5) is 0 Å². The molecule has 0 aliphatic carbocycles. The van der Waals surface area contributed by atoms with E-state index in [-0.39, 0.29) is 0 Å². The van der Waals surface area contributed by atoms with Crippen LogP contribution in [0.5, 0.6) is 17.2 Å². The second kappa shape index (κ2) is 6.29. The number of ether oxygens (including phenoxy) is 2. The molecule has 0 amide bonds. The first-order valence-electron chi connectivity index (χ1n) is 6.59. The lowest BCUT2D eigenvalue weighted by molar-refractivity contribution is 0.195. The summed E-state index contributed by atoms with van der Waals surface area (Å²) in [5.41, 5.74) is 2.15. The molecule has 0 spiro atoms. The van der Waals surface area contributed by atoms with Gasteiger partial charge in [0, 0.05) is 5.56 Å². The van der Waals surface area contributed by atoms with Crippen molar-refractivity contribution in [3.05, 3.63) is 53.1 Å². The van der Waals surface area contributed by atoms with Crippen LogP contribution in [0.25, 0.3) is 0 Å². The molecule has 0 saturated carbocycles. The van der Waals surface area contributed by atoms with Gasteiger partial charge in [-0.05, 0) is 43.7 Å². The van der Waals surface area contributed by atoms with E-state index in [2.05, 4.69) is 6.07 Å². The Balaban J connectivity index is 2.45. The molecule has 21 heavy (non-hydrogen) atoms. The molecule has 2 aromatic carbocycles. The zero-order chi connectivity index (χ0) is 15.4. The highest BCUT2D eigenvalue weighted by Gasteiger charge is 2.13. The molecule has 2 rings (SSSR count). The molecule has 0 aliphatic heterocycles. The molecule has 0 bridgehead atoms. The van der Waals surface area contributed by atoms with Crippen molar-refractivity contribution >= 4 is 0 Å². The number of hydrogen-bond donors (Lipinski definition) is 1. The summed E-state index contributed by atoms with van der Waals surface area (Å²) in [7, 11) is 1.57. The monoisotopic (exact) mass is 283 g/mol. The first-order valence-corrected chi connectivity index (χ1v) is 6.59. The summed E-state index contributed by atoms with van der Waals surface area (Å²) in [6.07, 6.45) is -0.691. The molecule has 1 N–H and O–H groups in total. The fourth-order valence-corrected chi connectivity index (χ4v) is 2.02. The van der Waals surface area contributed by atoms with Gasteiger partial charge < -0.3 is 14.6 Å². The molecule has 0 aromatic heterocycles. The van der Waals surface area contributed by atoms with Gasteiger partial charge in [0.2, 0.25) is 0 Å². The zero-order valence-corrected chi connectivity index (χ0v) is 12.3. The van der Waals surface area contributed by atoms with Crippen molar-refractivity contribution in [2.45, 2.75) is 20.0 Å². The van der Waals surface area contributed by atoms with E-state index in [4.69, 9.17) is 14.7 Å². The van der Waals surface area contributed by atoms with Crippen LogP contribution in [0.1, 0.15) is 29.7 Å². The number of aliphatic hydroxyl groups is 1. The maximum atomic E-state index is 9.82. The fourth-order valence-electron chi connectivity index (χ4n) is 2.02. The smallest absolute Gasteiger partial charge is 0.169 e. The van der Waals surface area contributed by atoms with Crippen LogP contribution in [0.3, 0.4) is 0 Å². The number of nitriles is 1. The molecule has 0 heterocycles. The number of methoxy groups -OCH3 is 1. The Hall–Kier alpha value is -2.51. The predicted molar refractivity (Wildman–Crippen MR) is 79.6 cm³/mol. The second-order valence-corrected chi connectivity index (χ2v) is 4.80. The average molecular weight is 283 g/mol.